The molecule has 1 aliphatic heterocycles. The lowest BCUT2D eigenvalue weighted by Gasteiger charge is -2.15. The molecule has 0 aromatic carbocycles. The van der Waals surface area contributed by atoms with Crippen molar-refractivity contribution in [1.82, 2.24) is 9.88 Å². The molecule has 0 bridgehead atoms. The maximum absolute atomic E-state index is 12.9. The normalized spacial score (nSPS) is 20.2. The van der Waals surface area contributed by atoms with Crippen LogP contribution in [-0.2, 0) is 0 Å². The summed E-state index contributed by atoms with van der Waals surface area (Å²) in [4.78, 5) is 16.9. The van der Waals surface area contributed by atoms with E-state index in [0.29, 0.717) is 13.0 Å². The monoisotopic (exact) mass is 244 g/mol. The molecule has 1 amide bonds. The van der Waals surface area contributed by atoms with Gasteiger partial charge in [0.1, 0.15) is 11.0 Å². The fourth-order valence-electron chi connectivity index (χ4n) is 1.67. The fourth-order valence-corrected chi connectivity index (χ4v) is 1.85. The van der Waals surface area contributed by atoms with Crippen molar-refractivity contribution in [3.05, 3.63) is 28.8 Å². The number of halogens is 2. The van der Waals surface area contributed by atoms with Gasteiger partial charge in [-0.3, -0.25) is 4.79 Å². The van der Waals surface area contributed by atoms with Crippen LogP contribution in [-0.4, -0.2) is 40.1 Å². The Morgan fingerprint density at radius 3 is 3.06 bits per heavy atom. The zero-order valence-electron chi connectivity index (χ0n) is 8.36. The highest BCUT2D eigenvalue weighted by Crippen LogP contribution is 2.19. The smallest absolute Gasteiger partial charge is 0.257 e. The Morgan fingerprint density at radius 1 is 1.69 bits per heavy atom. The van der Waals surface area contributed by atoms with Gasteiger partial charge in [0.25, 0.3) is 5.91 Å². The number of aromatic nitrogens is 1. The molecule has 0 radical (unpaired) electrons. The van der Waals surface area contributed by atoms with Gasteiger partial charge in [-0.15, -0.1) is 0 Å². The van der Waals surface area contributed by atoms with Crippen LogP contribution in [0.15, 0.2) is 12.3 Å². The highest BCUT2D eigenvalue weighted by Gasteiger charge is 2.27. The number of likely N-dealkylation sites (tertiary alicyclic amines) is 1. The number of aliphatic hydroxyl groups excluding tert-OH is 1. The molecule has 86 valence electrons. The van der Waals surface area contributed by atoms with Gasteiger partial charge in [-0.05, 0) is 12.5 Å². The second-order valence-corrected chi connectivity index (χ2v) is 4.04. The molecule has 1 atom stereocenters. The third kappa shape index (κ3) is 2.15. The van der Waals surface area contributed by atoms with Gasteiger partial charge in [0.15, 0.2) is 0 Å². The van der Waals surface area contributed by atoms with E-state index in [1.807, 2.05) is 0 Å². The number of hydrogen-bond acceptors (Lipinski definition) is 3. The van der Waals surface area contributed by atoms with Crippen molar-refractivity contribution < 1.29 is 14.3 Å². The standard InChI is InChI=1S/C10H10ClFN2O2/c11-9-8(3-6(12)4-13-9)10(16)14-2-1-7(15)5-14/h3-4,7,15H,1-2,5H2. The van der Waals surface area contributed by atoms with Crippen molar-refractivity contribution in [2.24, 2.45) is 0 Å². The van der Waals surface area contributed by atoms with Gasteiger partial charge in [-0.2, -0.15) is 0 Å². The summed E-state index contributed by atoms with van der Waals surface area (Å²) in [6, 6.07) is 1.06. The maximum Gasteiger partial charge on any atom is 0.257 e. The topological polar surface area (TPSA) is 53.4 Å². The van der Waals surface area contributed by atoms with E-state index in [4.69, 9.17) is 11.6 Å². The number of hydrogen-bond donors (Lipinski definition) is 1. The third-order valence-electron chi connectivity index (χ3n) is 2.49. The minimum absolute atomic E-state index is 0.0206. The molecule has 1 N–H and O–H groups in total. The molecule has 16 heavy (non-hydrogen) atoms. The molecule has 1 aliphatic rings. The van der Waals surface area contributed by atoms with E-state index in [9.17, 15) is 14.3 Å². The van der Waals surface area contributed by atoms with Crippen molar-refractivity contribution in [1.29, 1.82) is 0 Å². The number of carbonyl (C=O) groups is 1. The van der Waals surface area contributed by atoms with Crippen molar-refractivity contribution in [2.45, 2.75) is 12.5 Å². The van der Waals surface area contributed by atoms with Crippen LogP contribution in [0.25, 0.3) is 0 Å². The van der Waals surface area contributed by atoms with E-state index in [1.165, 1.54) is 4.90 Å². The molecule has 0 aliphatic carbocycles. The number of nitrogens with zero attached hydrogens (tertiary/aromatic N) is 2. The molecule has 1 saturated heterocycles. The van der Waals surface area contributed by atoms with Crippen LogP contribution in [0.3, 0.4) is 0 Å². The Balaban J connectivity index is 2.23. The second-order valence-electron chi connectivity index (χ2n) is 3.69. The molecule has 2 heterocycles. The fraction of sp³-hybridized carbons (Fsp3) is 0.400. The summed E-state index contributed by atoms with van der Waals surface area (Å²) >= 11 is 5.72. The maximum atomic E-state index is 12.9. The van der Waals surface area contributed by atoms with Crippen molar-refractivity contribution >= 4 is 17.5 Å². The lowest BCUT2D eigenvalue weighted by Crippen LogP contribution is -2.30. The zero-order valence-corrected chi connectivity index (χ0v) is 9.12. The average molecular weight is 245 g/mol. The molecular weight excluding hydrogens is 235 g/mol. The Bertz CT molecular complexity index is 427. The number of carbonyl (C=O) groups excluding carboxylic acids is 1. The van der Waals surface area contributed by atoms with E-state index in [0.717, 1.165) is 12.3 Å². The summed E-state index contributed by atoms with van der Waals surface area (Å²) in [5.74, 6) is -0.999. The van der Waals surface area contributed by atoms with Crippen LogP contribution in [0.2, 0.25) is 5.15 Å². The molecule has 0 spiro atoms. The highest BCUT2D eigenvalue weighted by molar-refractivity contribution is 6.32. The van der Waals surface area contributed by atoms with Gasteiger partial charge < -0.3 is 10.0 Å². The number of pyridine rings is 1. The molecule has 0 saturated carbocycles. The Kier molecular flexibility index (Phi) is 3.07. The molecule has 6 heteroatoms. The van der Waals surface area contributed by atoms with Gasteiger partial charge >= 0.3 is 0 Å². The van der Waals surface area contributed by atoms with Crippen molar-refractivity contribution in [3.63, 3.8) is 0 Å². The predicted molar refractivity (Wildman–Crippen MR) is 55.7 cm³/mol. The van der Waals surface area contributed by atoms with Gasteiger partial charge in [0.2, 0.25) is 0 Å². The first-order valence-corrected chi connectivity index (χ1v) is 5.24. The quantitative estimate of drug-likeness (QED) is 0.753. The van der Waals surface area contributed by atoms with E-state index in [-0.39, 0.29) is 17.3 Å². The summed E-state index contributed by atoms with van der Waals surface area (Å²) < 4.78 is 12.9. The van der Waals surface area contributed by atoms with Crippen LogP contribution in [0.4, 0.5) is 4.39 Å². The van der Waals surface area contributed by atoms with Crippen molar-refractivity contribution in [2.75, 3.05) is 13.1 Å². The summed E-state index contributed by atoms with van der Waals surface area (Å²) in [5, 5.41) is 9.28. The van der Waals surface area contributed by atoms with E-state index >= 15 is 0 Å². The summed E-state index contributed by atoms with van der Waals surface area (Å²) in [6.07, 6.45) is 0.980. The largest absolute Gasteiger partial charge is 0.391 e. The zero-order chi connectivity index (χ0) is 11.7. The lowest BCUT2D eigenvalue weighted by atomic mass is 10.2. The minimum atomic E-state index is -0.604. The number of β-amino-alcohol motifs (C(OH)–C–C–N with tert-alkyl or cyclic N) is 1. The van der Waals surface area contributed by atoms with Crippen LogP contribution < -0.4 is 0 Å². The molecular formula is C10H10ClFN2O2. The summed E-state index contributed by atoms with van der Waals surface area (Å²) in [5.41, 5.74) is 0.0377. The first kappa shape index (κ1) is 11.3. The Hall–Kier alpha value is -1.20. The van der Waals surface area contributed by atoms with Crippen LogP contribution in [0.5, 0.6) is 0 Å². The summed E-state index contributed by atoms with van der Waals surface area (Å²) in [6.45, 7) is 0.707. The van der Waals surface area contributed by atoms with Gasteiger partial charge in [-0.25, -0.2) is 9.37 Å². The predicted octanol–water partition coefficient (Wildman–Crippen LogP) is 1.08. The Labute approximate surface area is 96.7 Å². The summed E-state index contributed by atoms with van der Waals surface area (Å²) in [7, 11) is 0. The van der Waals surface area contributed by atoms with Gasteiger partial charge in [0, 0.05) is 13.1 Å². The molecule has 1 aromatic rings. The van der Waals surface area contributed by atoms with Crippen LogP contribution >= 0.6 is 11.6 Å². The number of rotatable bonds is 1. The molecule has 1 fully saturated rings. The van der Waals surface area contributed by atoms with Gasteiger partial charge in [0.05, 0.1) is 17.9 Å². The van der Waals surface area contributed by atoms with E-state index in [2.05, 4.69) is 4.98 Å². The molecule has 1 aromatic heterocycles. The molecule has 1 unspecified atom stereocenters. The first-order valence-electron chi connectivity index (χ1n) is 4.86. The van der Waals surface area contributed by atoms with Crippen LogP contribution in [0.1, 0.15) is 16.8 Å². The van der Waals surface area contributed by atoms with E-state index < -0.39 is 17.8 Å². The lowest BCUT2D eigenvalue weighted by molar-refractivity contribution is 0.0764. The number of aliphatic hydroxyl groups is 1. The molecule has 2 rings (SSSR count). The van der Waals surface area contributed by atoms with Gasteiger partial charge in [-0.1, -0.05) is 11.6 Å². The SMILES string of the molecule is O=C(c1cc(F)cnc1Cl)N1CCC(O)C1. The third-order valence-corrected chi connectivity index (χ3v) is 2.79. The average Bonchev–Trinajstić information content (AvgIpc) is 2.67. The number of amides is 1. The second kappa shape index (κ2) is 4.35. The minimum Gasteiger partial charge on any atom is -0.391 e. The molecule has 4 nitrogen and oxygen atoms in total. The Morgan fingerprint density at radius 2 is 2.44 bits per heavy atom. The first-order chi connectivity index (χ1) is 7.58. The van der Waals surface area contributed by atoms with E-state index in [1.54, 1.807) is 0 Å². The van der Waals surface area contributed by atoms with Crippen LogP contribution in [0, 0.1) is 5.82 Å². The highest BCUT2D eigenvalue weighted by atomic mass is 35.5. The van der Waals surface area contributed by atoms with Crippen molar-refractivity contribution in [3.8, 4) is 0 Å².